The van der Waals surface area contributed by atoms with Crippen LogP contribution in [0.15, 0.2) is 40.9 Å². The van der Waals surface area contributed by atoms with Gasteiger partial charge in [-0.15, -0.1) is 0 Å². The lowest BCUT2D eigenvalue weighted by Crippen LogP contribution is -2.17. The van der Waals surface area contributed by atoms with E-state index in [0.717, 1.165) is 6.54 Å². The van der Waals surface area contributed by atoms with Crippen LogP contribution in [-0.4, -0.2) is 23.5 Å². The first kappa shape index (κ1) is 22.0. The maximum absolute atomic E-state index is 4.47. The fourth-order valence-corrected chi connectivity index (χ4v) is 2.64. The molecule has 0 saturated carbocycles. The maximum atomic E-state index is 4.47. The third kappa shape index (κ3) is 7.42. The van der Waals surface area contributed by atoms with Crippen LogP contribution in [-0.2, 0) is 0 Å². The number of hydrogen-bond donors (Lipinski definition) is 0. The van der Waals surface area contributed by atoms with Crippen molar-refractivity contribution in [3.63, 3.8) is 0 Å². The predicted molar refractivity (Wildman–Crippen MR) is 109 cm³/mol. The Kier molecular flexibility index (Phi) is 11.9. The van der Waals surface area contributed by atoms with E-state index >= 15 is 0 Å². The molecule has 0 N–H and O–H groups in total. The molecular formula is C20H35N2P. The Labute approximate surface area is 146 Å². The molecule has 1 aromatic rings. The second-order valence-electron chi connectivity index (χ2n) is 5.27. The van der Waals surface area contributed by atoms with Gasteiger partial charge in [-0.05, 0) is 32.8 Å². The molecule has 1 aromatic carbocycles. The molecule has 0 radical (unpaired) electrons. The standard InChI is InChI=1S/C10H11N.C6H12NP.2C2H6/c1-7-9-5-3-4-6-10(9)8(2)11-7;1-6-2-4-7(8)5-3-6;2*1-2/h3-7H,1-2H3;2H,3-5,8H2,1H3;2*1-2H3. The van der Waals surface area contributed by atoms with E-state index in [-0.39, 0.29) is 0 Å². The Balaban J connectivity index is 0.000000358. The molecule has 2 unspecified atom stereocenters. The molecule has 3 rings (SSSR count). The van der Waals surface area contributed by atoms with Gasteiger partial charge in [0, 0.05) is 24.4 Å². The van der Waals surface area contributed by atoms with Gasteiger partial charge in [0.25, 0.3) is 0 Å². The van der Waals surface area contributed by atoms with Gasteiger partial charge in [-0.1, -0.05) is 73.0 Å². The van der Waals surface area contributed by atoms with Crippen molar-refractivity contribution in [2.24, 2.45) is 4.99 Å². The predicted octanol–water partition coefficient (Wildman–Crippen LogP) is 6.05. The lowest BCUT2D eigenvalue weighted by atomic mass is 10.0. The fraction of sp³-hybridized carbons (Fsp3) is 0.550. The number of fused-ring (bicyclic) bond motifs is 1. The van der Waals surface area contributed by atoms with Gasteiger partial charge in [-0.2, -0.15) is 0 Å². The van der Waals surface area contributed by atoms with Crippen LogP contribution < -0.4 is 0 Å². The number of benzene rings is 1. The van der Waals surface area contributed by atoms with Crippen LogP contribution in [0.2, 0.25) is 0 Å². The zero-order chi connectivity index (χ0) is 17.8. The molecule has 0 aromatic heterocycles. The van der Waals surface area contributed by atoms with E-state index in [4.69, 9.17) is 0 Å². The maximum Gasteiger partial charge on any atom is 0.0730 e. The molecule has 2 aliphatic heterocycles. The van der Waals surface area contributed by atoms with Gasteiger partial charge < -0.3 is 0 Å². The lowest BCUT2D eigenvalue weighted by Gasteiger charge is -2.19. The Hall–Kier alpha value is -0.980. The largest absolute Gasteiger partial charge is 0.283 e. The van der Waals surface area contributed by atoms with Crippen molar-refractivity contribution >= 4 is 15.1 Å². The van der Waals surface area contributed by atoms with Crippen molar-refractivity contribution < 1.29 is 0 Å². The van der Waals surface area contributed by atoms with Gasteiger partial charge >= 0.3 is 0 Å². The number of hydrogen-bond acceptors (Lipinski definition) is 2. The summed E-state index contributed by atoms with van der Waals surface area (Å²) in [6.45, 7) is 16.7. The molecule has 23 heavy (non-hydrogen) atoms. The van der Waals surface area contributed by atoms with Gasteiger partial charge in [0.1, 0.15) is 0 Å². The molecule has 0 bridgehead atoms. The molecule has 3 heteroatoms. The molecule has 0 amide bonds. The van der Waals surface area contributed by atoms with E-state index in [0.29, 0.717) is 6.04 Å². The van der Waals surface area contributed by atoms with Crippen molar-refractivity contribution in [3.05, 3.63) is 47.0 Å². The normalized spacial score (nSPS) is 18.7. The molecule has 2 atom stereocenters. The smallest absolute Gasteiger partial charge is 0.0730 e. The highest BCUT2D eigenvalue weighted by atomic mass is 31.0. The van der Waals surface area contributed by atoms with Crippen LogP contribution in [0.5, 0.6) is 0 Å². The highest BCUT2D eigenvalue weighted by molar-refractivity contribution is 7.13. The first-order chi connectivity index (χ1) is 11.1. The third-order valence-corrected chi connectivity index (χ3v) is 4.12. The monoisotopic (exact) mass is 334 g/mol. The Morgan fingerprint density at radius 3 is 2.17 bits per heavy atom. The number of nitrogens with zero attached hydrogens (tertiary/aromatic N) is 2. The molecule has 0 saturated heterocycles. The van der Waals surface area contributed by atoms with Crippen LogP contribution in [0.1, 0.15) is 72.1 Å². The molecule has 0 spiro atoms. The minimum absolute atomic E-state index is 0.367. The first-order valence-corrected chi connectivity index (χ1v) is 9.38. The van der Waals surface area contributed by atoms with Crippen LogP contribution in [0.25, 0.3) is 0 Å². The summed E-state index contributed by atoms with van der Waals surface area (Å²) in [7, 11) is 2.71. The van der Waals surface area contributed by atoms with Gasteiger partial charge in [-0.3, -0.25) is 9.66 Å². The summed E-state index contributed by atoms with van der Waals surface area (Å²) >= 11 is 0. The topological polar surface area (TPSA) is 15.6 Å². The SMILES string of the molecule is CC.CC.CC1=CCN(P)CC1.CC1=NC(C)c2ccccc21. The quantitative estimate of drug-likeness (QED) is 0.416. The van der Waals surface area contributed by atoms with Crippen LogP contribution in [0, 0.1) is 0 Å². The van der Waals surface area contributed by atoms with E-state index in [1.54, 1.807) is 0 Å². The van der Waals surface area contributed by atoms with Crippen molar-refractivity contribution in [3.8, 4) is 0 Å². The average Bonchev–Trinajstić information content (AvgIpc) is 2.90. The summed E-state index contributed by atoms with van der Waals surface area (Å²) in [5, 5.41) is 0. The Bertz CT molecular complexity index is 506. The highest BCUT2D eigenvalue weighted by Crippen LogP contribution is 2.28. The van der Waals surface area contributed by atoms with Crippen molar-refractivity contribution in [2.75, 3.05) is 13.1 Å². The number of rotatable bonds is 0. The van der Waals surface area contributed by atoms with Crippen molar-refractivity contribution in [1.29, 1.82) is 0 Å². The first-order valence-electron chi connectivity index (χ1n) is 8.87. The lowest BCUT2D eigenvalue weighted by molar-refractivity contribution is 0.498. The third-order valence-electron chi connectivity index (χ3n) is 3.66. The van der Waals surface area contributed by atoms with Crippen LogP contribution >= 0.6 is 9.39 Å². The van der Waals surface area contributed by atoms with Gasteiger partial charge in [0.2, 0.25) is 0 Å². The van der Waals surface area contributed by atoms with E-state index in [1.165, 1.54) is 35.4 Å². The summed E-state index contributed by atoms with van der Waals surface area (Å²) in [6.07, 6.45) is 3.51. The Morgan fingerprint density at radius 1 is 1.09 bits per heavy atom. The molecule has 0 aliphatic carbocycles. The van der Waals surface area contributed by atoms with Gasteiger partial charge in [-0.25, -0.2) is 0 Å². The van der Waals surface area contributed by atoms with Gasteiger partial charge in [0.05, 0.1) is 6.04 Å². The molecule has 130 valence electrons. The van der Waals surface area contributed by atoms with Crippen LogP contribution in [0.3, 0.4) is 0 Å². The molecule has 2 nitrogen and oxygen atoms in total. The number of aliphatic imine (C=N–C) groups is 1. The molecule has 0 fully saturated rings. The van der Waals surface area contributed by atoms with E-state index in [9.17, 15) is 0 Å². The Morgan fingerprint density at radius 2 is 1.70 bits per heavy atom. The minimum atomic E-state index is 0.367. The summed E-state index contributed by atoms with van der Waals surface area (Å²) in [5.74, 6) is 0. The molecule has 2 heterocycles. The second-order valence-corrected chi connectivity index (χ2v) is 6.00. The second kappa shape index (κ2) is 12.4. The average molecular weight is 334 g/mol. The van der Waals surface area contributed by atoms with E-state index in [2.05, 4.69) is 70.2 Å². The molecule has 2 aliphatic rings. The van der Waals surface area contributed by atoms with Crippen LogP contribution in [0.4, 0.5) is 0 Å². The summed E-state index contributed by atoms with van der Waals surface area (Å²) < 4.78 is 2.24. The van der Waals surface area contributed by atoms with Crippen molar-refractivity contribution in [2.45, 2.75) is 60.9 Å². The van der Waals surface area contributed by atoms with Crippen molar-refractivity contribution in [1.82, 2.24) is 4.67 Å². The highest BCUT2D eigenvalue weighted by Gasteiger charge is 2.16. The minimum Gasteiger partial charge on any atom is -0.283 e. The zero-order valence-electron chi connectivity index (χ0n) is 16.1. The van der Waals surface area contributed by atoms with E-state index in [1.807, 2.05) is 27.7 Å². The summed E-state index contributed by atoms with van der Waals surface area (Å²) in [5.41, 5.74) is 5.39. The molecular weight excluding hydrogens is 299 g/mol. The fourth-order valence-electron chi connectivity index (χ4n) is 2.41. The zero-order valence-corrected chi connectivity index (χ0v) is 17.2. The van der Waals surface area contributed by atoms with Gasteiger partial charge in [0.15, 0.2) is 0 Å². The van der Waals surface area contributed by atoms with E-state index < -0.39 is 0 Å². The summed E-state index contributed by atoms with van der Waals surface area (Å²) in [6, 6.07) is 8.79. The summed E-state index contributed by atoms with van der Waals surface area (Å²) in [4.78, 5) is 4.47.